The summed E-state index contributed by atoms with van der Waals surface area (Å²) in [4.78, 5) is 0. The Hall–Kier alpha value is -1.96. The number of hydrogen-bond donors (Lipinski definition) is 2. The van der Waals surface area contributed by atoms with E-state index < -0.39 is 0 Å². The molecule has 0 spiro atoms. The lowest BCUT2D eigenvalue weighted by Crippen LogP contribution is -2.21. The zero-order valence-corrected chi connectivity index (χ0v) is 19.2. The van der Waals surface area contributed by atoms with E-state index in [0.29, 0.717) is 11.5 Å². The summed E-state index contributed by atoms with van der Waals surface area (Å²) in [5, 5.41) is 20.8. The summed E-state index contributed by atoms with van der Waals surface area (Å²) in [6, 6.07) is 8.25. The van der Waals surface area contributed by atoms with Gasteiger partial charge in [0, 0.05) is 5.92 Å². The first-order valence-electron chi connectivity index (χ1n) is 10.4. The second-order valence-corrected chi connectivity index (χ2v) is 10.3. The van der Waals surface area contributed by atoms with Gasteiger partial charge in [0.2, 0.25) is 0 Å². The largest absolute Gasteiger partial charge is 0.508 e. The predicted octanol–water partition coefficient (Wildman–Crippen LogP) is 7.24. The second-order valence-electron chi connectivity index (χ2n) is 10.3. The first-order chi connectivity index (χ1) is 12.8. The number of aryl methyl sites for hydroxylation is 2. The first kappa shape index (κ1) is 22.3. The maximum Gasteiger partial charge on any atom is 0.118 e. The molecule has 0 amide bonds. The van der Waals surface area contributed by atoms with Gasteiger partial charge >= 0.3 is 0 Å². The van der Waals surface area contributed by atoms with E-state index in [9.17, 15) is 10.2 Å². The molecule has 2 rings (SSSR count). The summed E-state index contributed by atoms with van der Waals surface area (Å²) in [6.45, 7) is 19.4. The molecule has 2 aromatic carbocycles. The van der Waals surface area contributed by atoms with Crippen molar-refractivity contribution < 1.29 is 10.2 Å². The Bertz CT molecular complexity index is 779. The highest BCUT2D eigenvalue weighted by molar-refractivity contribution is 5.53. The minimum Gasteiger partial charge on any atom is -0.508 e. The van der Waals surface area contributed by atoms with Crippen molar-refractivity contribution in [3.8, 4) is 11.5 Å². The van der Waals surface area contributed by atoms with Crippen molar-refractivity contribution in [1.82, 2.24) is 0 Å². The predicted molar refractivity (Wildman–Crippen MR) is 120 cm³/mol. The van der Waals surface area contributed by atoms with Gasteiger partial charge in [0.1, 0.15) is 11.5 Å². The maximum atomic E-state index is 10.4. The highest BCUT2D eigenvalue weighted by atomic mass is 16.3. The topological polar surface area (TPSA) is 40.5 Å². The summed E-state index contributed by atoms with van der Waals surface area (Å²) in [7, 11) is 0. The van der Waals surface area contributed by atoms with Crippen LogP contribution in [0.15, 0.2) is 24.3 Å². The van der Waals surface area contributed by atoms with Gasteiger partial charge in [0.25, 0.3) is 0 Å². The molecule has 0 aromatic heterocycles. The molecule has 2 N–H and O–H groups in total. The van der Waals surface area contributed by atoms with E-state index in [0.717, 1.165) is 24.0 Å². The second kappa shape index (κ2) is 7.81. The molecule has 2 nitrogen and oxygen atoms in total. The highest BCUT2D eigenvalue weighted by Gasteiger charge is 2.29. The van der Waals surface area contributed by atoms with Gasteiger partial charge in [0.15, 0.2) is 0 Å². The molecule has 0 unspecified atom stereocenters. The fourth-order valence-electron chi connectivity index (χ4n) is 4.08. The van der Waals surface area contributed by atoms with Crippen molar-refractivity contribution >= 4 is 0 Å². The summed E-state index contributed by atoms with van der Waals surface area (Å²) in [6.07, 6.45) is 2.10. The van der Waals surface area contributed by atoms with E-state index in [1.807, 2.05) is 26.0 Å². The SMILES string of the molecule is CCCC(c1cc(C)c(O)cc1C(C)(C)C)c1cc(C)c(O)cc1C(C)(C)C. The monoisotopic (exact) mass is 382 g/mol. The smallest absolute Gasteiger partial charge is 0.118 e. The van der Waals surface area contributed by atoms with Crippen molar-refractivity contribution in [1.29, 1.82) is 0 Å². The number of aromatic hydroxyl groups is 2. The quantitative estimate of drug-likeness (QED) is 0.585. The van der Waals surface area contributed by atoms with Crippen LogP contribution in [-0.4, -0.2) is 10.2 Å². The van der Waals surface area contributed by atoms with Gasteiger partial charge < -0.3 is 10.2 Å². The Morgan fingerprint density at radius 2 is 1.07 bits per heavy atom. The maximum absolute atomic E-state index is 10.4. The molecule has 0 radical (unpaired) electrons. The van der Waals surface area contributed by atoms with Crippen molar-refractivity contribution in [3.63, 3.8) is 0 Å². The lowest BCUT2D eigenvalue weighted by molar-refractivity contribution is 0.463. The third kappa shape index (κ3) is 4.54. The Morgan fingerprint density at radius 3 is 1.36 bits per heavy atom. The van der Waals surface area contributed by atoms with Crippen LogP contribution < -0.4 is 0 Å². The molecule has 0 saturated heterocycles. The van der Waals surface area contributed by atoms with Crippen molar-refractivity contribution in [2.45, 2.75) is 91.9 Å². The van der Waals surface area contributed by atoms with Gasteiger partial charge in [-0.1, -0.05) is 67.0 Å². The lowest BCUT2D eigenvalue weighted by atomic mass is 9.72. The molecule has 0 aliphatic carbocycles. The molecule has 0 saturated carbocycles. The molecular formula is C26H38O2. The summed E-state index contributed by atoms with van der Waals surface area (Å²) in [5.74, 6) is 0.954. The Kier molecular flexibility index (Phi) is 6.23. The van der Waals surface area contributed by atoms with E-state index in [2.05, 4.69) is 60.6 Å². The Balaban J connectivity index is 2.86. The van der Waals surface area contributed by atoms with Gasteiger partial charge in [-0.15, -0.1) is 0 Å². The van der Waals surface area contributed by atoms with Gasteiger partial charge in [-0.3, -0.25) is 0 Å². The molecule has 28 heavy (non-hydrogen) atoms. The van der Waals surface area contributed by atoms with E-state index in [1.54, 1.807) is 0 Å². The van der Waals surface area contributed by atoms with Crippen LogP contribution in [0.4, 0.5) is 0 Å². The molecule has 0 fully saturated rings. The standard InChI is InChI=1S/C26H38O2/c1-10-11-18(19-12-16(2)23(27)14-21(19)25(4,5)6)20-13-17(3)24(28)15-22(20)26(7,8)9/h12-15,18,27-28H,10-11H2,1-9H3. The number of benzene rings is 2. The zero-order chi connectivity index (χ0) is 21.4. The van der Waals surface area contributed by atoms with Gasteiger partial charge in [0.05, 0.1) is 0 Å². The average molecular weight is 383 g/mol. The van der Waals surface area contributed by atoms with Crippen molar-refractivity contribution in [2.75, 3.05) is 0 Å². The van der Waals surface area contributed by atoms with Crippen molar-refractivity contribution in [2.24, 2.45) is 0 Å². The van der Waals surface area contributed by atoms with Gasteiger partial charge in [-0.05, 0) is 76.6 Å². The first-order valence-corrected chi connectivity index (χ1v) is 10.4. The number of hydrogen-bond acceptors (Lipinski definition) is 2. The molecule has 0 atom stereocenters. The third-order valence-electron chi connectivity index (χ3n) is 5.68. The number of phenols is 2. The van der Waals surface area contributed by atoms with Crippen LogP contribution in [0.5, 0.6) is 11.5 Å². The molecule has 2 heteroatoms. The highest BCUT2D eigenvalue weighted by Crippen LogP contribution is 2.44. The van der Waals surface area contributed by atoms with Gasteiger partial charge in [-0.25, -0.2) is 0 Å². The van der Waals surface area contributed by atoms with Gasteiger partial charge in [-0.2, -0.15) is 0 Å². The normalized spacial score (nSPS) is 12.6. The van der Waals surface area contributed by atoms with Crippen LogP contribution in [0.2, 0.25) is 0 Å². The summed E-state index contributed by atoms with van der Waals surface area (Å²) < 4.78 is 0. The average Bonchev–Trinajstić information content (AvgIpc) is 2.55. The molecular weight excluding hydrogens is 344 g/mol. The van der Waals surface area contributed by atoms with E-state index >= 15 is 0 Å². The zero-order valence-electron chi connectivity index (χ0n) is 19.2. The van der Waals surface area contributed by atoms with Crippen LogP contribution in [0.3, 0.4) is 0 Å². The fourth-order valence-corrected chi connectivity index (χ4v) is 4.08. The minimum absolute atomic E-state index is 0.0691. The molecule has 0 bridgehead atoms. The van der Waals surface area contributed by atoms with Crippen LogP contribution in [-0.2, 0) is 10.8 Å². The molecule has 2 aromatic rings. The van der Waals surface area contributed by atoms with E-state index in [-0.39, 0.29) is 16.7 Å². The molecule has 0 aliphatic rings. The number of rotatable bonds is 4. The van der Waals surface area contributed by atoms with E-state index in [1.165, 1.54) is 22.3 Å². The lowest BCUT2D eigenvalue weighted by Gasteiger charge is -2.32. The molecule has 0 heterocycles. The Labute approximate surface area is 171 Å². The third-order valence-corrected chi connectivity index (χ3v) is 5.68. The minimum atomic E-state index is -0.0691. The van der Waals surface area contributed by atoms with Crippen molar-refractivity contribution in [3.05, 3.63) is 57.6 Å². The van der Waals surface area contributed by atoms with Crippen LogP contribution >= 0.6 is 0 Å². The summed E-state index contributed by atoms with van der Waals surface area (Å²) >= 11 is 0. The van der Waals surface area contributed by atoms with Crippen LogP contribution in [0.1, 0.15) is 101 Å². The van der Waals surface area contributed by atoms with E-state index in [4.69, 9.17) is 0 Å². The Morgan fingerprint density at radius 1 is 0.714 bits per heavy atom. The molecule has 0 aliphatic heterocycles. The van der Waals surface area contributed by atoms with Crippen LogP contribution in [0, 0.1) is 13.8 Å². The molecule has 154 valence electrons. The fraction of sp³-hybridized carbons (Fsp3) is 0.538. The van der Waals surface area contributed by atoms with Crippen LogP contribution in [0.25, 0.3) is 0 Å². The summed E-state index contributed by atoms with van der Waals surface area (Å²) in [5.41, 5.74) is 6.66. The number of phenolic OH excluding ortho intramolecular Hbond substituents is 2.